The fraction of sp³-hybridized carbons (Fsp3) is 0.583. The molecule has 0 radical (unpaired) electrons. The Labute approximate surface area is 179 Å². The van der Waals surface area contributed by atoms with Gasteiger partial charge in [-0.05, 0) is 76.6 Å². The van der Waals surface area contributed by atoms with Gasteiger partial charge in [0.2, 0.25) is 5.91 Å². The SMILES string of the molecule is COc1cc(CCC(=O)NC(C)CCCC(C)(C)O)cc2cc(CCCC#N)oc12. The second kappa shape index (κ2) is 11.0. The maximum atomic E-state index is 12.3. The van der Waals surface area contributed by atoms with Crippen molar-refractivity contribution in [1.82, 2.24) is 5.32 Å². The van der Waals surface area contributed by atoms with Crippen molar-refractivity contribution in [3.05, 3.63) is 29.5 Å². The zero-order valence-corrected chi connectivity index (χ0v) is 18.6. The van der Waals surface area contributed by atoms with E-state index in [1.807, 2.05) is 25.1 Å². The van der Waals surface area contributed by atoms with Crippen LogP contribution in [0.2, 0.25) is 0 Å². The number of hydrogen-bond acceptors (Lipinski definition) is 5. The fourth-order valence-electron chi connectivity index (χ4n) is 3.51. The lowest BCUT2D eigenvalue weighted by Gasteiger charge is -2.19. The van der Waals surface area contributed by atoms with Crippen LogP contribution in [-0.2, 0) is 17.6 Å². The van der Waals surface area contributed by atoms with E-state index < -0.39 is 5.60 Å². The highest BCUT2D eigenvalue weighted by molar-refractivity contribution is 5.85. The summed E-state index contributed by atoms with van der Waals surface area (Å²) >= 11 is 0. The Morgan fingerprint density at radius 2 is 2.07 bits per heavy atom. The number of aryl methyl sites for hydroxylation is 2. The predicted octanol–water partition coefficient (Wildman–Crippen LogP) is 4.67. The number of methoxy groups -OCH3 is 1. The number of hydrogen-bond donors (Lipinski definition) is 2. The topological polar surface area (TPSA) is 95.5 Å². The Kier molecular flexibility index (Phi) is 8.73. The predicted molar refractivity (Wildman–Crippen MR) is 117 cm³/mol. The standard InChI is InChI=1S/C24H34N2O4/c1-17(8-7-12-24(2,3)28)26-22(27)11-10-18-14-19-16-20(9-5-6-13-25)30-23(19)21(15-18)29-4/h14-17,28H,5-12H2,1-4H3,(H,26,27). The molecule has 164 valence electrons. The molecule has 0 fully saturated rings. The van der Waals surface area contributed by atoms with Crippen LogP contribution < -0.4 is 10.1 Å². The largest absolute Gasteiger partial charge is 0.493 e. The number of ether oxygens (including phenoxy) is 1. The molecule has 2 N–H and O–H groups in total. The monoisotopic (exact) mass is 414 g/mol. The first-order valence-electron chi connectivity index (χ1n) is 10.7. The van der Waals surface area contributed by atoms with Crippen LogP contribution in [0.4, 0.5) is 0 Å². The smallest absolute Gasteiger partial charge is 0.220 e. The van der Waals surface area contributed by atoms with Crippen molar-refractivity contribution < 1.29 is 19.1 Å². The minimum atomic E-state index is -0.663. The van der Waals surface area contributed by atoms with Crippen molar-refractivity contribution in [2.45, 2.75) is 83.8 Å². The number of benzene rings is 1. The number of nitrogens with one attached hydrogen (secondary N) is 1. The van der Waals surface area contributed by atoms with Gasteiger partial charge in [0.05, 0.1) is 18.8 Å². The molecule has 1 atom stereocenters. The number of furan rings is 1. The van der Waals surface area contributed by atoms with Crippen molar-refractivity contribution >= 4 is 16.9 Å². The van der Waals surface area contributed by atoms with E-state index in [1.54, 1.807) is 21.0 Å². The van der Waals surface area contributed by atoms with Crippen LogP contribution in [0.3, 0.4) is 0 Å². The lowest BCUT2D eigenvalue weighted by atomic mass is 9.99. The van der Waals surface area contributed by atoms with Gasteiger partial charge in [-0.15, -0.1) is 0 Å². The van der Waals surface area contributed by atoms with Gasteiger partial charge in [-0.25, -0.2) is 0 Å². The average Bonchev–Trinajstić information content (AvgIpc) is 3.07. The number of carbonyl (C=O) groups is 1. The maximum absolute atomic E-state index is 12.3. The van der Waals surface area contributed by atoms with Crippen LogP contribution in [0.1, 0.15) is 70.6 Å². The lowest BCUT2D eigenvalue weighted by molar-refractivity contribution is -0.121. The fourth-order valence-corrected chi connectivity index (χ4v) is 3.51. The molecule has 0 aliphatic heterocycles. The van der Waals surface area contributed by atoms with Crippen LogP contribution in [0.5, 0.6) is 5.75 Å². The molecule has 6 nitrogen and oxygen atoms in total. The first-order chi connectivity index (χ1) is 14.2. The van der Waals surface area contributed by atoms with Crippen LogP contribution in [0, 0.1) is 11.3 Å². The van der Waals surface area contributed by atoms with Crippen LogP contribution in [0.15, 0.2) is 22.6 Å². The molecule has 0 aliphatic rings. The molecule has 1 heterocycles. The van der Waals surface area contributed by atoms with Gasteiger partial charge in [-0.3, -0.25) is 4.79 Å². The van der Waals surface area contributed by atoms with E-state index in [2.05, 4.69) is 11.4 Å². The highest BCUT2D eigenvalue weighted by Gasteiger charge is 2.15. The van der Waals surface area contributed by atoms with Crippen LogP contribution in [-0.4, -0.2) is 29.8 Å². The van der Waals surface area contributed by atoms with Gasteiger partial charge >= 0.3 is 0 Å². The van der Waals surface area contributed by atoms with E-state index >= 15 is 0 Å². The van der Waals surface area contributed by atoms with Crippen molar-refractivity contribution in [1.29, 1.82) is 5.26 Å². The zero-order valence-electron chi connectivity index (χ0n) is 18.6. The minimum Gasteiger partial charge on any atom is -0.493 e. The minimum absolute atomic E-state index is 0.0224. The van der Waals surface area contributed by atoms with E-state index in [0.29, 0.717) is 37.0 Å². The van der Waals surface area contributed by atoms with Gasteiger partial charge in [-0.1, -0.05) is 0 Å². The van der Waals surface area contributed by atoms with Crippen molar-refractivity contribution in [3.8, 4) is 11.8 Å². The summed E-state index contributed by atoms with van der Waals surface area (Å²) in [5.41, 5.74) is 1.07. The summed E-state index contributed by atoms with van der Waals surface area (Å²) in [4.78, 5) is 12.3. The van der Waals surface area contributed by atoms with E-state index in [9.17, 15) is 9.90 Å². The molecule has 0 aliphatic carbocycles. The molecule has 30 heavy (non-hydrogen) atoms. The number of nitriles is 1. The number of amides is 1. The van der Waals surface area contributed by atoms with Crippen LogP contribution in [0.25, 0.3) is 11.0 Å². The number of unbranched alkanes of at least 4 members (excludes halogenated alkanes) is 1. The molecule has 2 aromatic rings. The molecule has 0 saturated carbocycles. The van der Waals surface area contributed by atoms with Gasteiger partial charge in [0, 0.05) is 30.7 Å². The summed E-state index contributed by atoms with van der Waals surface area (Å²) < 4.78 is 11.4. The summed E-state index contributed by atoms with van der Waals surface area (Å²) in [5, 5.41) is 22.5. The first kappa shape index (κ1) is 23.8. The third-order valence-electron chi connectivity index (χ3n) is 5.10. The molecule has 0 bridgehead atoms. The number of fused-ring (bicyclic) bond motifs is 1. The van der Waals surface area contributed by atoms with E-state index in [1.165, 1.54) is 0 Å². The first-order valence-corrected chi connectivity index (χ1v) is 10.7. The highest BCUT2D eigenvalue weighted by atomic mass is 16.5. The van der Waals surface area contributed by atoms with Gasteiger partial charge in [-0.2, -0.15) is 5.26 Å². The Morgan fingerprint density at radius 3 is 2.73 bits per heavy atom. The molecule has 6 heteroatoms. The molecule has 1 amide bonds. The third kappa shape index (κ3) is 7.72. The number of aliphatic hydroxyl groups is 1. The van der Waals surface area contributed by atoms with Crippen LogP contribution >= 0.6 is 0 Å². The zero-order chi connectivity index (χ0) is 22.1. The summed E-state index contributed by atoms with van der Waals surface area (Å²) in [6.45, 7) is 5.60. The molecule has 0 saturated heterocycles. The third-order valence-corrected chi connectivity index (χ3v) is 5.10. The van der Waals surface area contributed by atoms with Gasteiger partial charge in [0.15, 0.2) is 11.3 Å². The molecular formula is C24H34N2O4. The van der Waals surface area contributed by atoms with Crippen molar-refractivity contribution in [3.63, 3.8) is 0 Å². The van der Waals surface area contributed by atoms with Crippen molar-refractivity contribution in [2.24, 2.45) is 0 Å². The molecule has 2 rings (SSSR count). The van der Waals surface area contributed by atoms with E-state index in [-0.39, 0.29) is 11.9 Å². The molecule has 1 unspecified atom stereocenters. The Morgan fingerprint density at radius 1 is 1.30 bits per heavy atom. The summed E-state index contributed by atoms with van der Waals surface area (Å²) in [6, 6.07) is 8.18. The quantitative estimate of drug-likeness (QED) is 0.492. The normalized spacial score (nSPS) is 12.5. The lowest BCUT2D eigenvalue weighted by Crippen LogP contribution is -2.33. The van der Waals surface area contributed by atoms with E-state index in [4.69, 9.17) is 14.4 Å². The second-order valence-electron chi connectivity index (χ2n) is 8.61. The van der Waals surface area contributed by atoms with Crippen molar-refractivity contribution in [2.75, 3.05) is 7.11 Å². The summed E-state index contributed by atoms with van der Waals surface area (Å²) in [6.07, 6.45) is 5.44. The molecule has 0 spiro atoms. The number of carbonyl (C=O) groups excluding carboxylic acids is 1. The molecule has 1 aromatic carbocycles. The second-order valence-corrected chi connectivity index (χ2v) is 8.61. The Bertz CT molecular complexity index is 874. The number of nitrogens with zero attached hydrogens (tertiary/aromatic N) is 1. The van der Waals surface area contributed by atoms with Gasteiger partial charge < -0.3 is 19.6 Å². The average molecular weight is 415 g/mol. The van der Waals surface area contributed by atoms with Gasteiger partial charge in [0.25, 0.3) is 0 Å². The van der Waals surface area contributed by atoms with Gasteiger partial charge in [0.1, 0.15) is 5.76 Å². The van der Waals surface area contributed by atoms with E-state index in [0.717, 1.165) is 42.4 Å². The number of rotatable bonds is 12. The maximum Gasteiger partial charge on any atom is 0.220 e. The molecular weight excluding hydrogens is 380 g/mol. The molecule has 1 aromatic heterocycles. The Hall–Kier alpha value is -2.52. The summed E-state index contributed by atoms with van der Waals surface area (Å²) in [5.74, 6) is 1.52. The Balaban J connectivity index is 1.91. The summed E-state index contributed by atoms with van der Waals surface area (Å²) in [7, 11) is 1.61. The highest BCUT2D eigenvalue weighted by Crippen LogP contribution is 2.31.